The Labute approximate surface area is 109 Å². The minimum atomic E-state index is -0.424. The van der Waals surface area contributed by atoms with Gasteiger partial charge in [0, 0.05) is 12.2 Å². The average Bonchev–Trinajstić information content (AvgIpc) is 2.28. The van der Waals surface area contributed by atoms with E-state index < -0.39 is 6.04 Å². The van der Waals surface area contributed by atoms with Gasteiger partial charge in [-0.3, -0.25) is 4.79 Å². The van der Waals surface area contributed by atoms with Crippen LogP contribution in [-0.2, 0) is 11.3 Å². The van der Waals surface area contributed by atoms with Gasteiger partial charge in [-0.2, -0.15) is 0 Å². The van der Waals surface area contributed by atoms with Crippen molar-refractivity contribution in [2.75, 3.05) is 19.4 Å². The Morgan fingerprint density at radius 2 is 2.17 bits per heavy atom. The molecule has 4 nitrogen and oxygen atoms in total. The van der Waals surface area contributed by atoms with E-state index in [9.17, 15) is 4.79 Å². The molecule has 0 aliphatic heterocycles. The summed E-state index contributed by atoms with van der Waals surface area (Å²) in [6.07, 6.45) is 1.62. The maximum absolute atomic E-state index is 11.8. The van der Waals surface area contributed by atoms with Crippen molar-refractivity contribution < 1.29 is 4.79 Å². The number of carbonyl (C=O) groups is 1. The molecule has 0 spiro atoms. The molecule has 0 saturated heterocycles. The maximum Gasteiger partial charge on any atom is 0.241 e. The molecule has 100 valence electrons. The van der Waals surface area contributed by atoms with Crippen LogP contribution >= 0.6 is 0 Å². The van der Waals surface area contributed by atoms with Gasteiger partial charge in [0.15, 0.2) is 0 Å². The van der Waals surface area contributed by atoms with Crippen LogP contribution < -0.4 is 11.1 Å². The molecule has 1 aromatic rings. The van der Waals surface area contributed by atoms with Gasteiger partial charge in [-0.15, -0.1) is 0 Å². The molecule has 1 amide bonds. The molecular weight excluding hydrogens is 226 g/mol. The Bertz CT molecular complexity index is 390. The summed E-state index contributed by atoms with van der Waals surface area (Å²) < 4.78 is 0. The third-order valence-corrected chi connectivity index (χ3v) is 2.63. The zero-order valence-electron chi connectivity index (χ0n) is 11.4. The topological polar surface area (TPSA) is 58.4 Å². The van der Waals surface area contributed by atoms with Gasteiger partial charge >= 0.3 is 0 Å². The van der Waals surface area contributed by atoms with Crippen molar-refractivity contribution in [2.24, 2.45) is 5.73 Å². The first-order valence-electron chi connectivity index (χ1n) is 6.33. The van der Waals surface area contributed by atoms with Gasteiger partial charge in [0.1, 0.15) is 0 Å². The summed E-state index contributed by atoms with van der Waals surface area (Å²) in [6, 6.07) is 7.43. The quantitative estimate of drug-likeness (QED) is 0.808. The fourth-order valence-electron chi connectivity index (χ4n) is 1.79. The van der Waals surface area contributed by atoms with Crippen LogP contribution in [0.3, 0.4) is 0 Å². The largest absolute Gasteiger partial charge is 0.325 e. The van der Waals surface area contributed by atoms with Gasteiger partial charge < -0.3 is 16.0 Å². The van der Waals surface area contributed by atoms with Crippen LogP contribution in [-0.4, -0.2) is 30.9 Å². The van der Waals surface area contributed by atoms with E-state index in [0.717, 1.165) is 18.7 Å². The predicted octanol–water partition coefficient (Wildman–Crippen LogP) is 1.81. The fraction of sp³-hybridized carbons (Fsp3) is 0.500. The number of amides is 1. The highest BCUT2D eigenvalue weighted by Crippen LogP contribution is 2.12. The van der Waals surface area contributed by atoms with Crippen LogP contribution in [0, 0.1) is 0 Å². The van der Waals surface area contributed by atoms with E-state index in [4.69, 9.17) is 5.73 Å². The van der Waals surface area contributed by atoms with Crippen LogP contribution in [0.1, 0.15) is 25.3 Å². The molecule has 0 bridgehead atoms. The van der Waals surface area contributed by atoms with Crippen LogP contribution in [0.4, 0.5) is 5.69 Å². The predicted molar refractivity (Wildman–Crippen MR) is 75.3 cm³/mol. The lowest BCUT2D eigenvalue weighted by atomic mass is 10.1. The van der Waals surface area contributed by atoms with E-state index >= 15 is 0 Å². The molecule has 1 atom stereocenters. The smallest absolute Gasteiger partial charge is 0.241 e. The standard InChI is InChI=1S/C14H23N3O/c1-4-6-13(15)14(18)16-12-8-5-7-11(9-12)10-17(2)3/h5,7-9,13H,4,6,10,15H2,1-3H3,(H,16,18)/t13-/m0/s1. The molecule has 0 unspecified atom stereocenters. The molecule has 0 aliphatic rings. The third kappa shape index (κ3) is 4.85. The SMILES string of the molecule is CCC[C@H](N)C(=O)Nc1cccc(CN(C)C)c1. The summed E-state index contributed by atoms with van der Waals surface area (Å²) >= 11 is 0. The highest BCUT2D eigenvalue weighted by Gasteiger charge is 2.12. The van der Waals surface area contributed by atoms with Gasteiger partial charge in [-0.1, -0.05) is 25.5 Å². The zero-order valence-corrected chi connectivity index (χ0v) is 11.4. The van der Waals surface area contributed by atoms with Crippen molar-refractivity contribution in [2.45, 2.75) is 32.4 Å². The lowest BCUT2D eigenvalue weighted by Gasteiger charge is -2.13. The van der Waals surface area contributed by atoms with Crippen LogP contribution in [0.15, 0.2) is 24.3 Å². The number of benzene rings is 1. The first-order chi connectivity index (χ1) is 8.52. The normalized spacial score (nSPS) is 12.5. The lowest BCUT2D eigenvalue weighted by Crippen LogP contribution is -2.35. The number of anilines is 1. The van der Waals surface area contributed by atoms with Crippen molar-refractivity contribution in [1.82, 2.24) is 4.90 Å². The molecule has 1 aromatic carbocycles. The second-order valence-electron chi connectivity index (χ2n) is 4.82. The molecule has 0 saturated carbocycles. The molecule has 0 heterocycles. The molecule has 0 aliphatic carbocycles. The van der Waals surface area contributed by atoms with E-state index in [1.165, 1.54) is 5.56 Å². The van der Waals surface area contributed by atoms with E-state index in [0.29, 0.717) is 6.42 Å². The van der Waals surface area contributed by atoms with E-state index in [-0.39, 0.29) is 5.91 Å². The lowest BCUT2D eigenvalue weighted by molar-refractivity contribution is -0.117. The second-order valence-corrected chi connectivity index (χ2v) is 4.82. The minimum absolute atomic E-state index is 0.112. The van der Waals surface area contributed by atoms with Gasteiger partial charge in [0.2, 0.25) is 5.91 Å². The third-order valence-electron chi connectivity index (χ3n) is 2.63. The maximum atomic E-state index is 11.8. The Kier molecular flexibility index (Phi) is 5.82. The highest BCUT2D eigenvalue weighted by atomic mass is 16.2. The van der Waals surface area contributed by atoms with E-state index in [1.54, 1.807) is 0 Å². The summed E-state index contributed by atoms with van der Waals surface area (Å²) in [5.41, 5.74) is 7.75. The second kappa shape index (κ2) is 7.13. The summed E-state index contributed by atoms with van der Waals surface area (Å²) in [7, 11) is 4.03. The molecule has 4 heteroatoms. The molecule has 1 rings (SSSR count). The number of hydrogen-bond donors (Lipinski definition) is 2. The number of hydrogen-bond acceptors (Lipinski definition) is 3. The Balaban J connectivity index is 2.64. The van der Waals surface area contributed by atoms with Crippen molar-refractivity contribution in [3.8, 4) is 0 Å². The minimum Gasteiger partial charge on any atom is -0.325 e. The fourth-order valence-corrected chi connectivity index (χ4v) is 1.79. The molecule has 18 heavy (non-hydrogen) atoms. The molecule has 0 fully saturated rings. The monoisotopic (exact) mass is 249 g/mol. The Hall–Kier alpha value is -1.39. The summed E-state index contributed by atoms with van der Waals surface area (Å²) in [5, 5.41) is 2.86. The average molecular weight is 249 g/mol. The van der Waals surface area contributed by atoms with Gasteiger partial charge in [0.05, 0.1) is 6.04 Å². The van der Waals surface area contributed by atoms with Crippen LogP contribution in [0.25, 0.3) is 0 Å². The summed E-state index contributed by atoms with van der Waals surface area (Å²) in [4.78, 5) is 13.9. The van der Waals surface area contributed by atoms with Gasteiger partial charge in [-0.05, 0) is 38.2 Å². The number of nitrogens with one attached hydrogen (secondary N) is 1. The van der Waals surface area contributed by atoms with Gasteiger partial charge in [0.25, 0.3) is 0 Å². The molecule has 0 aromatic heterocycles. The number of rotatable bonds is 6. The first kappa shape index (κ1) is 14.7. The molecule has 0 radical (unpaired) electrons. The zero-order chi connectivity index (χ0) is 13.5. The van der Waals surface area contributed by atoms with Crippen molar-refractivity contribution in [3.63, 3.8) is 0 Å². The van der Waals surface area contributed by atoms with Crippen LogP contribution in [0.2, 0.25) is 0 Å². The summed E-state index contributed by atoms with van der Waals surface area (Å²) in [5.74, 6) is -0.112. The van der Waals surface area contributed by atoms with Crippen molar-refractivity contribution >= 4 is 11.6 Å². The number of carbonyl (C=O) groups excluding carboxylic acids is 1. The first-order valence-corrected chi connectivity index (χ1v) is 6.33. The van der Waals surface area contributed by atoms with Gasteiger partial charge in [-0.25, -0.2) is 0 Å². The number of nitrogens with two attached hydrogens (primary N) is 1. The van der Waals surface area contributed by atoms with Crippen LogP contribution in [0.5, 0.6) is 0 Å². The van der Waals surface area contributed by atoms with E-state index in [2.05, 4.69) is 10.2 Å². The Morgan fingerprint density at radius 1 is 1.44 bits per heavy atom. The van der Waals surface area contributed by atoms with Crippen molar-refractivity contribution in [3.05, 3.63) is 29.8 Å². The highest BCUT2D eigenvalue weighted by molar-refractivity contribution is 5.94. The van der Waals surface area contributed by atoms with Crippen molar-refractivity contribution in [1.29, 1.82) is 0 Å². The molecular formula is C14H23N3O. The van der Waals surface area contributed by atoms with E-state index in [1.807, 2.05) is 45.3 Å². The Morgan fingerprint density at radius 3 is 2.78 bits per heavy atom. The number of nitrogens with zero attached hydrogens (tertiary/aromatic N) is 1. The molecule has 3 N–H and O–H groups in total. The summed E-state index contributed by atoms with van der Waals surface area (Å²) in [6.45, 7) is 2.87.